The van der Waals surface area contributed by atoms with Crippen molar-refractivity contribution in [3.8, 4) is 0 Å². The number of unbranched alkanes of at least 4 members (excludes halogenated alkanes) is 1. The van der Waals surface area contributed by atoms with E-state index in [-0.39, 0.29) is 0 Å². The molecule has 0 heterocycles. The molecule has 18 heavy (non-hydrogen) atoms. The number of rotatable bonds is 8. The van der Waals surface area contributed by atoms with Gasteiger partial charge >= 0.3 is 0 Å². The van der Waals surface area contributed by atoms with Crippen molar-refractivity contribution in [3.63, 3.8) is 0 Å². The van der Waals surface area contributed by atoms with Crippen molar-refractivity contribution in [2.45, 2.75) is 53.0 Å². The minimum Gasteiger partial charge on any atom is -0.399 e. The van der Waals surface area contributed by atoms with Gasteiger partial charge in [0.1, 0.15) is 0 Å². The Balaban J connectivity index is 2.33. The lowest BCUT2D eigenvalue weighted by Crippen LogP contribution is -2.22. The Morgan fingerprint density at radius 1 is 1.28 bits per heavy atom. The Labute approximate surface area is 112 Å². The number of hydrogen-bond donors (Lipinski definition) is 2. The van der Waals surface area contributed by atoms with Gasteiger partial charge in [-0.15, -0.1) is 0 Å². The number of benzene rings is 1. The summed E-state index contributed by atoms with van der Waals surface area (Å²) >= 11 is 0. The van der Waals surface area contributed by atoms with E-state index in [0.29, 0.717) is 0 Å². The number of nitrogens with one attached hydrogen (secondary N) is 1. The molecule has 0 saturated carbocycles. The highest BCUT2D eigenvalue weighted by atomic mass is 14.9. The number of anilines is 1. The number of hydrogen-bond acceptors (Lipinski definition) is 2. The van der Waals surface area contributed by atoms with Crippen LogP contribution in [0, 0.1) is 12.8 Å². The molecule has 2 heteroatoms. The van der Waals surface area contributed by atoms with Crippen molar-refractivity contribution >= 4 is 5.69 Å². The van der Waals surface area contributed by atoms with Gasteiger partial charge in [0.05, 0.1) is 0 Å². The highest BCUT2D eigenvalue weighted by Gasteiger charge is 2.05. The molecule has 2 nitrogen and oxygen atoms in total. The number of nitrogen functional groups attached to an aromatic ring is 1. The molecule has 102 valence electrons. The summed E-state index contributed by atoms with van der Waals surface area (Å²) in [6.45, 7) is 8.63. The van der Waals surface area contributed by atoms with Crippen LogP contribution in [0.2, 0.25) is 0 Å². The van der Waals surface area contributed by atoms with Crippen LogP contribution in [-0.4, -0.2) is 6.54 Å². The van der Waals surface area contributed by atoms with E-state index in [2.05, 4.69) is 37.4 Å². The van der Waals surface area contributed by atoms with Gasteiger partial charge in [-0.1, -0.05) is 45.2 Å². The third-order valence-corrected chi connectivity index (χ3v) is 3.65. The van der Waals surface area contributed by atoms with Crippen LogP contribution in [0.3, 0.4) is 0 Å². The van der Waals surface area contributed by atoms with Gasteiger partial charge in [-0.25, -0.2) is 0 Å². The third kappa shape index (κ3) is 5.09. The number of nitrogens with two attached hydrogens (primary N) is 1. The van der Waals surface area contributed by atoms with Crippen LogP contribution < -0.4 is 11.1 Å². The maximum Gasteiger partial charge on any atom is 0.0346 e. The molecule has 0 aromatic heterocycles. The van der Waals surface area contributed by atoms with Crippen LogP contribution in [-0.2, 0) is 6.54 Å². The molecule has 0 spiro atoms. The van der Waals surface area contributed by atoms with Gasteiger partial charge in [0.15, 0.2) is 0 Å². The fraction of sp³-hybridized carbons (Fsp3) is 0.625. The van der Waals surface area contributed by atoms with E-state index in [4.69, 9.17) is 5.73 Å². The van der Waals surface area contributed by atoms with Crippen molar-refractivity contribution < 1.29 is 0 Å². The molecule has 0 radical (unpaired) electrons. The summed E-state index contributed by atoms with van der Waals surface area (Å²) in [6, 6.07) is 6.34. The summed E-state index contributed by atoms with van der Waals surface area (Å²) in [5.41, 5.74) is 9.25. The topological polar surface area (TPSA) is 38.0 Å². The summed E-state index contributed by atoms with van der Waals surface area (Å²) in [7, 11) is 0. The lowest BCUT2D eigenvalue weighted by atomic mass is 9.99. The molecular weight excluding hydrogens is 220 g/mol. The van der Waals surface area contributed by atoms with Gasteiger partial charge in [-0.3, -0.25) is 0 Å². The SMILES string of the molecule is CCCCC(CC)CNCc1ccc(C)c(N)c1. The van der Waals surface area contributed by atoms with Gasteiger partial charge < -0.3 is 11.1 Å². The van der Waals surface area contributed by atoms with E-state index < -0.39 is 0 Å². The van der Waals surface area contributed by atoms with Crippen LogP contribution in [0.15, 0.2) is 18.2 Å². The molecular formula is C16H28N2. The van der Waals surface area contributed by atoms with E-state index in [9.17, 15) is 0 Å². The van der Waals surface area contributed by atoms with E-state index in [1.807, 2.05) is 6.92 Å². The minimum atomic E-state index is 0.813. The zero-order valence-electron chi connectivity index (χ0n) is 12.1. The normalized spacial score (nSPS) is 12.6. The maximum absolute atomic E-state index is 5.92. The molecule has 1 unspecified atom stereocenters. The van der Waals surface area contributed by atoms with Gasteiger partial charge in [0.2, 0.25) is 0 Å². The summed E-state index contributed by atoms with van der Waals surface area (Å²) < 4.78 is 0. The first kappa shape index (κ1) is 15.0. The molecule has 0 bridgehead atoms. The van der Waals surface area contributed by atoms with Crippen LogP contribution in [0.5, 0.6) is 0 Å². The molecule has 0 aliphatic heterocycles. The largest absolute Gasteiger partial charge is 0.399 e. The summed E-state index contributed by atoms with van der Waals surface area (Å²) in [4.78, 5) is 0. The first-order valence-electron chi connectivity index (χ1n) is 7.23. The molecule has 0 aliphatic rings. The molecule has 1 atom stereocenters. The van der Waals surface area contributed by atoms with Gasteiger partial charge in [-0.05, 0) is 43.0 Å². The molecule has 3 N–H and O–H groups in total. The lowest BCUT2D eigenvalue weighted by molar-refractivity contribution is 0.419. The molecule has 0 amide bonds. The van der Waals surface area contributed by atoms with Crippen molar-refractivity contribution in [1.82, 2.24) is 5.32 Å². The highest BCUT2D eigenvalue weighted by Crippen LogP contribution is 2.14. The van der Waals surface area contributed by atoms with E-state index in [1.165, 1.54) is 31.2 Å². The van der Waals surface area contributed by atoms with Crippen molar-refractivity contribution in [2.24, 2.45) is 5.92 Å². The fourth-order valence-electron chi connectivity index (χ4n) is 2.16. The summed E-state index contributed by atoms with van der Waals surface area (Å²) in [5.74, 6) is 0.813. The Bertz CT molecular complexity index is 347. The van der Waals surface area contributed by atoms with Crippen molar-refractivity contribution in [1.29, 1.82) is 0 Å². The summed E-state index contributed by atoms with van der Waals surface area (Å²) in [6.07, 6.45) is 5.25. The molecule has 0 fully saturated rings. The molecule has 1 aromatic rings. The summed E-state index contributed by atoms with van der Waals surface area (Å²) in [5, 5.41) is 3.55. The Kier molecular flexibility index (Phi) is 6.81. The predicted molar refractivity (Wildman–Crippen MR) is 80.6 cm³/mol. The molecule has 0 aliphatic carbocycles. The van der Waals surface area contributed by atoms with Gasteiger partial charge in [0, 0.05) is 12.2 Å². The minimum absolute atomic E-state index is 0.813. The Morgan fingerprint density at radius 3 is 2.67 bits per heavy atom. The average molecular weight is 248 g/mol. The average Bonchev–Trinajstić information content (AvgIpc) is 2.37. The molecule has 0 saturated heterocycles. The van der Waals surface area contributed by atoms with E-state index in [0.717, 1.165) is 30.3 Å². The standard InChI is InChI=1S/C16H28N2/c1-4-6-7-14(5-2)11-18-12-15-9-8-13(3)16(17)10-15/h8-10,14,18H,4-7,11-12,17H2,1-3H3. The van der Waals surface area contributed by atoms with Gasteiger partial charge in [0.25, 0.3) is 0 Å². The second kappa shape index (κ2) is 8.15. The lowest BCUT2D eigenvalue weighted by Gasteiger charge is -2.15. The van der Waals surface area contributed by atoms with Crippen LogP contribution in [0.25, 0.3) is 0 Å². The predicted octanol–water partition coefficient (Wildman–Crippen LogP) is 3.88. The molecule has 1 aromatic carbocycles. The van der Waals surface area contributed by atoms with Crippen LogP contribution in [0.4, 0.5) is 5.69 Å². The smallest absolute Gasteiger partial charge is 0.0346 e. The fourth-order valence-corrected chi connectivity index (χ4v) is 2.16. The quantitative estimate of drug-likeness (QED) is 0.685. The first-order valence-corrected chi connectivity index (χ1v) is 7.23. The molecule has 1 rings (SSSR count). The zero-order chi connectivity index (χ0) is 13.4. The Morgan fingerprint density at radius 2 is 2.06 bits per heavy atom. The number of aryl methyl sites for hydroxylation is 1. The second-order valence-electron chi connectivity index (χ2n) is 5.24. The van der Waals surface area contributed by atoms with Gasteiger partial charge in [-0.2, -0.15) is 0 Å². The maximum atomic E-state index is 5.92. The monoisotopic (exact) mass is 248 g/mol. The van der Waals surface area contributed by atoms with Crippen molar-refractivity contribution in [3.05, 3.63) is 29.3 Å². The first-order chi connectivity index (χ1) is 8.67. The van der Waals surface area contributed by atoms with E-state index >= 15 is 0 Å². The van der Waals surface area contributed by atoms with E-state index in [1.54, 1.807) is 0 Å². The second-order valence-corrected chi connectivity index (χ2v) is 5.24. The third-order valence-electron chi connectivity index (χ3n) is 3.65. The van der Waals surface area contributed by atoms with Crippen LogP contribution >= 0.6 is 0 Å². The van der Waals surface area contributed by atoms with Crippen LogP contribution in [0.1, 0.15) is 50.7 Å². The van der Waals surface area contributed by atoms with Crippen molar-refractivity contribution in [2.75, 3.05) is 12.3 Å². The Hall–Kier alpha value is -1.02. The zero-order valence-corrected chi connectivity index (χ0v) is 12.1. The highest BCUT2D eigenvalue weighted by molar-refractivity contribution is 5.48.